The van der Waals surface area contributed by atoms with Gasteiger partial charge in [0, 0.05) is 25.8 Å². The van der Waals surface area contributed by atoms with Gasteiger partial charge in [0.25, 0.3) is 5.91 Å². The zero-order chi connectivity index (χ0) is 19.4. The van der Waals surface area contributed by atoms with Gasteiger partial charge in [-0.1, -0.05) is 6.92 Å². The van der Waals surface area contributed by atoms with Crippen molar-refractivity contribution in [3.05, 3.63) is 47.4 Å². The van der Waals surface area contributed by atoms with Crippen molar-refractivity contribution in [1.82, 2.24) is 0 Å². The molecule has 0 unspecified atom stereocenters. The van der Waals surface area contributed by atoms with E-state index in [2.05, 4.69) is 17.1 Å². The smallest absolute Gasteiger partial charge is 0.291 e. The van der Waals surface area contributed by atoms with Crippen molar-refractivity contribution in [3.8, 4) is 0 Å². The third-order valence-corrected chi connectivity index (χ3v) is 4.83. The number of nitrogens with one attached hydrogen (secondary N) is 1. The number of primary amides is 1. The molecule has 0 saturated carbocycles. The second kappa shape index (κ2) is 8.26. The number of nitrogens with two attached hydrogens (primary N) is 1. The minimum Gasteiger partial charge on any atom is -0.453 e. The van der Waals surface area contributed by atoms with Crippen molar-refractivity contribution < 1.29 is 18.7 Å². The summed E-state index contributed by atoms with van der Waals surface area (Å²) in [5.41, 5.74) is 7.19. The molecule has 2 amide bonds. The van der Waals surface area contributed by atoms with Crippen molar-refractivity contribution in [3.63, 3.8) is 0 Å². The fourth-order valence-corrected chi connectivity index (χ4v) is 3.22. The SMILES string of the molecule is COCc1ccc(C(=O)Nc2cc(C(N)=O)ccc2N2CCC(C)CC2)o1. The summed E-state index contributed by atoms with van der Waals surface area (Å²) in [5.74, 6) is 0.519. The van der Waals surface area contributed by atoms with Crippen LogP contribution in [0.5, 0.6) is 0 Å². The van der Waals surface area contributed by atoms with Crippen LogP contribution in [0.4, 0.5) is 11.4 Å². The number of rotatable bonds is 6. The number of piperidine rings is 1. The lowest BCUT2D eigenvalue weighted by atomic mass is 9.98. The van der Waals surface area contributed by atoms with E-state index < -0.39 is 5.91 Å². The molecule has 144 valence electrons. The van der Waals surface area contributed by atoms with Gasteiger partial charge in [-0.25, -0.2) is 0 Å². The number of benzene rings is 1. The van der Waals surface area contributed by atoms with Crippen LogP contribution in [0.2, 0.25) is 0 Å². The Bertz CT molecular complexity index is 822. The van der Waals surface area contributed by atoms with Crippen molar-refractivity contribution >= 4 is 23.2 Å². The first-order valence-corrected chi connectivity index (χ1v) is 9.05. The first kappa shape index (κ1) is 19.0. The molecule has 2 aromatic rings. The van der Waals surface area contributed by atoms with Crippen molar-refractivity contribution in [1.29, 1.82) is 0 Å². The lowest BCUT2D eigenvalue weighted by Crippen LogP contribution is -2.33. The van der Waals surface area contributed by atoms with E-state index in [1.807, 2.05) is 6.07 Å². The van der Waals surface area contributed by atoms with E-state index in [1.54, 1.807) is 31.4 Å². The predicted octanol–water partition coefficient (Wildman–Crippen LogP) is 3.01. The van der Waals surface area contributed by atoms with Crippen molar-refractivity contribution in [2.45, 2.75) is 26.4 Å². The number of methoxy groups -OCH3 is 1. The molecule has 1 aliphatic rings. The maximum Gasteiger partial charge on any atom is 0.291 e. The third kappa shape index (κ3) is 4.49. The Morgan fingerprint density at radius 2 is 2.00 bits per heavy atom. The van der Waals surface area contributed by atoms with Gasteiger partial charge in [0.1, 0.15) is 12.4 Å². The number of carbonyl (C=O) groups excluding carboxylic acids is 2. The number of hydrogen-bond donors (Lipinski definition) is 2. The first-order chi connectivity index (χ1) is 13.0. The molecule has 1 aliphatic heterocycles. The summed E-state index contributed by atoms with van der Waals surface area (Å²) >= 11 is 0. The van der Waals surface area contributed by atoms with Crippen molar-refractivity contribution in [2.24, 2.45) is 11.7 Å². The molecule has 7 heteroatoms. The third-order valence-electron chi connectivity index (χ3n) is 4.83. The van der Waals surface area contributed by atoms with Gasteiger partial charge in [-0.2, -0.15) is 0 Å². The summed E-state index contributed by atoms with van der Waals surface area (Å²) in [6, 6.07) is 8.45. The second-order valence-electron chi connectivity index (χ2n) is 6.92. The number of ether oxygens (including phenoxy) is 1. The molecule has 0 aliphatic carbocycles. The molecule has 1 saturated heterocycles. The highest BCUT2D eigenvalue weighted by Gasteiger charge is 2.21. The molecule has 1 fully saturated rings. The molecule has 1 aromatic heterocycles. The monoisotopic (exact) mass is 371 g/mol. The van der Waals surface area contributed by atoms with Crippen molar-refractivity contribution in [2.75, 3.05) is 30.4 Å². The van der Waals surface area contributed by atoms with Gasteiger partial charge >= 0.3 is 0 Å². The van der Waals surface area contributed by atoms with E-state index in [1.165, 1.54) is 0 Å². The minimum absolute atomic E-state index is 0.185. The number of furan rings is 1. The number of nitrogens with zero attached hydrogens (tertiary/aromatic N) is 1. The quantitative estimate of drug-likeness (QED) is 0.813. The molecular formula is C20H25N3O4. The Balaban J connectivity index is 1.85. The predicted molar refractivity (Wildman–Crippen MR) is 103 cm³/mol. The molecule has 0 bridgehead atoms. The maximum absolute atomic E-state index is 12.6. The van der Waals surface area contributed by atoms with E-state index in [0.717, 1.165) is 31.6 Å². The summed E-state index contributed by atoms with van der Waals surface area (Å²) < 4.78 is 10.5. The van der Waals surface area contributed by atoms with Gasteiger partial charge in [0.2, 0.25) is 5.91 Å². The summed E-state index contributed by atoms with van der Waals surface area (Å²) in [6.07, 6.45) is 2.17. The van der Waals surface area contributed by atoms with E-state index in [4.69, 9.17) is 14.9 Å². The van der Waals surface area contributed by atoms with Crippen LogP contribution in [0, 0.1) is 5.92 Å². The number of anilines is 2. The summed E-state index contributed by atoms with van der Waals surface area (Å²) in [5, 5.41) is 2.86. The number of amides is 2. The molecule has 0 radical (unpaired) electrons. The van der Waals surface area contributed by atoms with Crippen LogP contribution in [0.1, 0.15) is 46.4 Å². The Morgan fingerprint density at radius 3 is 2.67 bits per heavy atom. The zero-order valence-corrected chi connectivity index (χ0v) is 15.7. The first-order valence-electron chi connectivity index (χ1n) is 9.05. The average molecular weight is 371 g/mol. The second-order valence-corrected chi connectivity index (χ2v) is 6.92. The van der Waals surface area contributed by atoms with Gasteiger partial charge in [-0.05, 0) is 49.1 Å². The van der Waals surface area contributed by atoms with Crippen LogP contribution in [-0.4, -0.2) is 32.0 Å². The summed E-state index contributed by atoms with van der Waals surface area (Å²) in [7, 11) is 1.56. The molecule has 1 aromatic carbocycles. The van der Waals surface area contributed by atoms with Gasteiger partial charge < -0.3 is 25.1 Å². The average Bonchev–Trinajstić information content (AvgIpc) is 3.11. The van der Waals surface area contributed by atoms with Crippen LogP contribution < -0.4 is 16.0 Å². The van der Waals surface area contributed by atoms with Crippen LogP contribution >= 0.6 is 0 Å². The molecule has 0 atom stereocenters. The van der Waals surface area contributed by atoms with Gasteiger partial charge in [-0.15, -0.1) is 0 Å². The fraction of sp³-hybridized carbons (Fsp3) is 0.400. The standard InChI is InChI=1S/C20H25N3O4/c1-13-7-9-23(10-8-13)17-5-3-14(19(21)24)11-16(17)22-20(25)18-6-4-15(27-18)12-26-2/h3-6,11,13H,7-10,12H2,1-2H3,(H2,21,24)(H,22,25). The molecular weight excluding hydrogens is 346 g/mol. The Hall–Kier alpha value is -2.80. The molecule has 2 heterocycles. The highest BCUT2D eigenvalue weighted by molar-refractivity contribution is 6.05. The molecule has 27 heavy (non-hydrogen) atoms. The molecule has 7 nitrogen and oxygen atoms in total. The Kier molecular flexibility index (Phi) is 5.81. The number of carbonyl (C=O) groups is 2. The van der Waals surface area contributed by atoms with Gasteiger partial charge in [0.15, 0.2) is 5.76 Å². The minimum atomic E-state index is -0.537. The van der Waals surface area contributed by atoms with Crippen LogP contribution in [-0.2, 0) is 11.3 Å². The van der Waals surface area contributed by atoms with E-state index in [-0.39, 0.29) is 11.7 Å². The lowest BCUT2D eigenvalue weighted by molar-refractivity contribution is 0.0982. The van der Waals surface area contributed by atoms with Crippen LogP contribution in [0.3, 0.4) is 0 Å². The van der Waals surface area contributed by atoms with E-state index in [0.29, 0.717) is 29.5 Å². The summed E-state index contributed by atoms with van der Waals surface area (Å²) in [4.78, 5) is 26.4. The molecule has 3 rings (SSSR count). The van der Waals surface area contributed by atoms with Crippen LogP contribution in [0.15, 0.2) is 34.7 Å². The van der Waals surface area contributed by atoms with E-state index >= 15 is 0 Å². The zero-order valence-electron chi connectivity index (χ0n) is 15.7. The van der Waals surface area contributed by atoms with Gasteiger partial charge in [0.05, 0.1) is 11.4 Å². The normalized spacial score (nSPS) is 15.0. The fourth-order valence-electron chi connectivity index (χ4n) is 3.22. The van der Waals surface area contributed by atoms with Crippen LogP contribution in [0.25, 0.3) is 0 Å². The highest BCUT2D eigenvalue weighted by atomic mass is 16.5. The molecule has 3 N–H and O–H groups in total. The topological polar surface area (TPSA) is 97.8 Å². The maximum atomic E-state index is 12.6. The number of hydrogen-bond acceptors (Lipinski definition) is 5. The Morgan fingerprint density at radius 1 is 1.26 bits per heavy atom. The summed E-state index contributed by atoms with van der Waals surface area (Å²) in [6.45, 7) is 4.34. The lowest BCUT2D eigenvalue weighted by Gasteiger charge is -2.33. The van der Waals surface area contributed by atoms with Gasteiger partial charge in [-0.3, -0.25) is 9.59 Å². The molecule has 0 spiro atoms. The highest BCUT2D eigenvalue weighted by Crippen LogP contribution is 2.31. The largest absolute Gasteiger partial charge is 0.453 e. The van der Waals surface area contributed by atoms with E-state index in [9.17, 15) is 9.59 Å². The Labute approximate surface area is 158 Å².